The Balaban J connectivity index is 1.98. The number of hydrogen-bond acceptors (Lipinski definition) is 4. The quantitative estimate of drug-likeness (QED) is 0.612. The summed E-state index contributed by atoms with van der Waals surface area (Å²) in [5, 5.41) is 5.97. The van der Waals surface area contributed by atoms with Gasteiger partial charge >= 0.3 is 5.97 Å². The Morgan fingerprint density at radius 3 is 2.17 bits per heavy atom. The molecule has 0 aliphatic carbocycles. The zero-order valence-corrected chi connectivity index (χ0v) is 18.4. The number of amides is 2. The van der Waals surface area contributed by atoms with Gasteiger partial charge in [0.25, 0.3) is 11.8 Å². The maximum atomic E-state index is 12.6. The van der Waals surface area contributed by atoms with Crippen molar-refractivity contribution in [2.24, 2.45) is 5.92 Å². The number of carbonyl (C=O) groups is 3. The molecule has 0 bridgehead atoms. The second-order valence-corrected chi connectivity index (χ2v) is 8.02. The summed E-state index contributed by atoms with van der Waals surface area (Å²) in [6.07, 6.45) is 0.386. The fourth-order valence-electron chi connectivity index (χ4n) is 2.95. The molecule has 2 aromatic rings. The van der Waals surface area contributed by atoms with E-state index in [9.17, 15) is 14.4 Å². The van der Waals surface area contributed by atoms with Crippen molar-refractivity contribution in [3.8, 4) is 0 Å². The molecule has 6 nitrogen and oxygen atoms in total. The molecule has 0 saturated carbocycles. The molecule has 0 saturated heterocycles. The number of nitrogens with one attached hydrogen (secondary N) is 2. The van der Waals surface area contributed by atoms with Crippen LogP contribution in [0.3, 0.4) is 0 Å². The van der Waals surface area contributed by atoms with Gasteiger partial charge in [-0.25, -0.2) is 4.79 Å². The van der Waals surface area contributed by atoms with Crippen molar-refractivity contribution in [3.05, 3.63) is 64.2 Å². The number of halogens is 1. The Bertz CT molecular complexity index is 890. The molecule has 0 aromatic heterocycles. The number of esters is 1. The minimum atomic E-state index is -0.860. The monoisotopic (exact) mass is 430 g/mol. The Labute approximate surface area is 182 Å². The molecule has 7 heteroatoms. The lowest BCUT2D eigenvalue weighted by Crippen LogP contribution is -2.43. The number of ether oxygens (including phenoxy) is 1. The topological polar surface area (TPSA) is 84.5 Å². The van der Waals surface area contributed by atoms with Gasteiger partial charge in [-0.1, -0.05) is 43.6 Å². The first kappa shape index (κ1) is 23.4. The predicted octanol–water partition coefficient (Wildman–Crippen LogP) is 4.28. The number of rotatable bonds is 8. The molecule has 1 atom stereocenters. The Morgan fingerprint density at radius 1 is 1.00 bits per heavy atom. The van der Waals surface area contributed by atoms with Crippen molar-refractivity contribution < 1.29 is 19.1 Å². The maximum Gasteiger partial charge on any atom is 0.329 e. The zero-order valence-electron chi connectivity index (χ0n) is 17.6. The first-order chi connectivity index (χ1) is 14.2. The van der Waals surface area contributed by atoms with E-state index in [1.165, 1.54) is 0 Å². The lowest BCUT2D eigenvalue weighted by molar-refractivity contribution is -0.149. The number of anilines is 1. The van der Waals surface area contributed by atoms with Crippen LogP contribution in [0, 0.1) is 19.8 Å². The lowest BCUT2D eigenvalue weighted by atomic mass is 10.0. The summed E-state index contributed by atoms with van der Waals surface area (Å²) in [5.41, 5.74) is 2.92. The minimum Gasteiger partial charge on any atom is -0.454 e. The van der Waals surface area contributed by atoms with Crippen molar-refractivity contribution in [3.63, 3.8) is 0 Å². The predicted molar refractivity (Wildman–Crippen MR) is 118 cm³/mol. The van der Waals surface area contributed by atoms with Gasteiger partial charge in [0.2, 0.25) is 0 Å². The van der Waals surface area contributed by atoms with Gasteiger partial charge in [-0.2, -0.15) is 0 Å². The average Bonchev–Trinajstić information content (AvgIpc) is 2.68. The number of benzene rings is 2. The Hall–Kier alpha value is -2.86. The molecule has 2 N–H and O–H groups in total. The molecule has 2 amide bonds. The van der Waals surface area contributed by atoms with Crippen molar-refractivity contribution in [1.82, 2.24) is 5.32 Å². The highest BCUT2D eigenvalue weighted by Crippen LogP contribution is 2.19. The van der Waals surface area contributed by atoms with Crippen molar-refractivity contribution in [2.45, 2.75) is 40.2 Å². The largest absolute Gasteiger partial charge is 0.454 e. The van der Waals surface area contributed by atoms with Crippen LogP contribution in [0.1, 0.15) is 41.8 Å². The molecule has 2 rings (SSSR count). The van der Waals surface area contributed by atoms with E-state index in [0.29, 0.717) is 22.7 Å². The SMILES string of the molecule is Cc1cccc(C)c1NC(=O)COC(=O)C(CC(C)C)NC(=O)c1ccc(Cl)cc1. The summed E-state index contributed by atoms with van der Waals surface area (Å²) in [7, 11) is 0. The molecule has 30 heavy (non-hydrogen) atoms. The van der Waals surface area contributed by atoms with Crippen LogP contribution in [-0.4, -0.2) is 30.4 Å². The van der Waals surface area contributed by atoms with Crippen molar-refractivity contribution in [1.29, 1.82) is 0 Å². The first-order valence-electron chi connectivity index (χ1n) is 9.76. The van der Waals surface area contributed by atoms with Crippen LogP contribution in [0.4, 0.5) is 5.69 Å². The normalized spacial score (nSPS) is 11.7. The molecule has 0 aliphatic rings. The van der Waals surface area contributed by atoms with Crippen LogP contribution in [-0.2, 0) is 14.3 Å². The molecular weight excluding hydrogens is 404 g/mol. The highest BCUT2D eigenvalue weighted by Gasteiger charge is 2.25. The summed E-state index contributed by atoms with van der Waals surface area (Å²) in [6, 6.07) is 11.2. The molecule has 0 aliphatic heterocycles. The average molecular weight is 431 g/mol. The summed E-state index contributed by atoms with van der Waals surface area (Å²) >= 11 is 5.85. The molecule has 2 aromatic carbocycles. The molecular formula is C23H27ClN2O4. The van der Waals surface area contributed by atoms with E-state index in [1.54, 1.807) is 24.3 Å². The van der Waals surface area contributed by atoms with Gasteiger partial charge in [0.05, 0.1) is 0 Å². The van der Waals surface area contributed by atoms with Crippen molar-refractivity contribution >= 4 is 35.1 Å². The van der Waals surface area contributed by atoms with Crippen molar-refractivity contribution in [2.75, 3.05) is 11.9 Å². The van der Waals surface area contributed by atoms with E-state index in [-0.39, 0.29) is 5.92 Å². The third kappa shape index (κ3) is 6.88. The van der Waals surface area contributed by atoms with Gasteiger partial charge in [0.1, 0.15) is 6.04 Å². The smallest absolute Gasteiger partial charge is 0.329 e. The van der Waals surface area contributed by atoms with Gasteiger partial charge in [-0.3, -0.25) is 9.59 Å². The zero-order chi connectivity index (χ0) is 22.3. The molecule has 0 radical (unpaired) electrons. The van der Waals surface area contributed by atoms with E-state index in [4.69, 9.17) is 16.3 Å². The third-order valence-electron chi connectivity index (χ3n) is 4.49. The highest BCUT2D eigenvalue weighted by atomic mass is 35.5. The summed E-state index contributed by atoms with van der Waals surface area (Å²) < 4.78 is 5.19. The summed E-state index contributed by atoms with van der Waals surface area (Å²) in [5.74, 6) is -1.36. The fraction of sp³-hybridized carbons (Fsp3) is 0.348. The van der Waals surface area contributed by atoms with Crippen LogP contribution in [0.25, 0.3) is 0 Å². The van der Waals surface area contributed by atoms with Gasteiger partial charge in [-0.05, 0) is 61.6 Å². The number of para-hydroxylation sites is 1. The third-order valence-corrected chi connectivity index (χ3v) is 4.75. The van der Waals surface area contributed by atoms with Crippen LogP contribution < -0.4 is 10.6 Å². The minimum absolute atomic E-state index is 0.136. The fourth-order valence-corrected chi connectivity index (χ4v) is 3.08. The van der Waals surface area contributed by atoms with Gasteiger partial charge in [0.15, 0.2) is 6.61 Å². The maximum absolute atomic E-state index is 12.6. The van der Waals surface area contributed by atoms with E-state index in [2.05, 4.69) is 10.6 Å². The first-order valence-corrected chi connectivity index (χ1v) is 10.1. The highest BCUT2D eigenvalue weighted by molar-refractivity contribution is 6.30. The second kappa shape index (κ2) is 10.8. The molecule has 0 heterocycles. The van der Waals surface area contributed by atoms with E-state index < -0.39 is 30.4 Å². The molecule has 0 fully saturated rings. The van der Waals surface area contributed by atoms with E-state index in [1.807, 2.05) is 45.9 Å². The van der Waals surface area contributed by atoms with Crippen LogP contribution >= 0.6 is 11.6 Å². The molecule has 160 valence electrons. The number of hydrogen-bond donors (Lipinski definition) is 2. The van der Waals surface area contributed by atoms with E-state index in [0.717, 1.165) is 11.1 Å². The lowest BCUT2D eigenvalue weighted by Gasteiger charge is -2.19. The van der Waals surface area contributed by atoms with Gasteiger partial charge in [0, 0.05) is 16.3 Å². The Kier molecular flexibility index (Phi) is 8.42. The Morgan fingerprint density at radius 2 is 1.60 bits per heavy atom. The van der Waals surface area contributed by atoms with Gasteiger partial charge < -0.3 is 15.4 Å². The van der Waals surface area contributed by atoms with E-state index >= 15 is 0 Å². The van der Waals surface area contributed by atoms with Crippen LogP contribution in [0.2, 0.25) is 5.02 Å². The van der Waals surface area contributed by atoms with Crippen LogP contribution in [0.5, 0.6) is 0 Å². The number of aryl methyl sites for hydroxylation is 2. The molecule has 0 spiro atoms. The summed E-state index contributed by atoms with van der Waals surface area (Å²) in [4.78, 5) is 37.3. The number of carbonyl (C=O) groups excluding carboxylic acids is 3. The van der Waals surface area contributed by atoms with Crippen LogP contribution in [0.15, 0.2) is 42.5 Å². The standard InChI is InChI=1S/C23H27ClN2O4/c1-14(2)12-19(25-22(28)17-8-10-18(24)11-9-17)23(29)30-13-20(27)26-21-15(3)6-5-7-16(21)4/h5-11,14,19H,12-13H2,1-4H3,(H,25,28)(H,26,27). The van der Waals surface area contributed by atoms with Gasteiger partial charge in [-0.15, -0.1) is 0 Å². The second-order valence-electron chi connectivity index (χ2n) is 7.59. The molecule has 1 unspecified atom stereocenters. The summed E-state index contributed by atoms with van der Waals surface area (Å²) in [6.45, 7) is 7.21.